The summed E-state index contributed by atoms with van der Waals surface area (Å²) in [7, 11) is 1.14. The minimum Gasteiger partial charge on any atom is -0.437 e. The molecule has 1 unspecified atom stereocenters. The van der Waals surface area contributed by atoms with Crippen molar-refractivity contribution in [2.75, 3.05) is 13.7 Å². The average Bonchev–Trinajstić information content (AvgIpc) is 2.03. The molecule has 0 aromatic carbocycles. The zero-order valence-electron chi connectivity index (χ0n) is 7.20. The van der Waals surface area contributed by atoms with E-state index < -0.39 is 12.1 Å². The number of hydrogen-bond acceptors (Lipinski definition) is 5. The average molecular weight is 175 g/mol. The van der Waals surface area contributed by atoms with E-state index in [1.165, 1.54) is 0 Å². The molecule has 0 spiro atoms. The van der Waals surface area contributed by atoms with Gasteiger partial charge in [0.15, 0.2) is 0 Å². The van der Waals surface area contributed by atoms with Crippen LogP contribution in [0.2, 0.25) is 0 Å². The van der Waals surface area contributed by atoms with Crippen molar-refractivity contribution in [3.63, 3.8) is 0 Å². The molecular weight excluding hydrogens is 162 g/mol. The summed E-state index contributed by atoms with van der Waals surface area (Å²) in [6.07, 6.45) is -0.852. The largest absolute Gasteiger partial charge is 0.515 e. The highest BCUT2D eigenvalue weighted by molar-refractivity contribution is 5.81. The maximum absolute atomic E-state index is 10.8. The van der Waals surface area contributed by atoms with Crippen molar-refractivity contribution in [3.8, 4) is 0 Å². The number of carbonyl (C=O) groups excluding carboxylic acids is 2. The van der Waals surface area contributed by atoms with Gasteiger partial charge in [-0.2, -0.15) is 0 Å². The first-order valence-corrected chi connectivity index (χ1v) is 3.58. The fraction of sp³-hybridized carbons (Fsp3) is 0.714. The van der Waals surface area contributed by atoms with E-state index in [2.05, 4.69) is 9.47 Å². The lowest BCUT2D eigenvalue weighted by Crippen LogP contribution is -2.19. The molecule has 0 aliphatic rings. The van der Waals surface area contributed by atoms with Crippen LogP contribution < -0.4 is 5.73 Å². The van der Waals surface area contributed by atoms with Gasteiger partial charge in [0.05, 0.1) is 7.11 Å². The highest BCUT2D eigenvalue weighted by atomic mass is 16.7. The number of carbonyl (C=O) groups is 2. The summed E-state index contributed by atoms with van der Waals surface area (Å²) in [5, 5.41) is 0. The summed E-state index contributed by atoms with van der Waals surface area (Å²) < 4.78 is 8.34. The third-order valence-corrected chi connectivity index (χ3v) is 1.28. The second kappa shape index (κ2) is 5.54. The van der Waals surface area contributed by atoms with E-state index >= 15 is 0 Å². The van der Waals surface area contributed by atoms with Crippen LogP contribution in [0.4, 0.5) is 4.79 Å². The summed E-state index contributed by atoms with van der Waals surface area (Å²) in [6.45, 7) is 2.18. The van der Waals surface area contributed by atoms with E-state index in [9.17, 15) is 9.59 Å². The Balaban J connectivity index is 3.66. The Bertz CT molecular complexity index is 169. The molecule has 0 bridgehead atoms. The Morgan fingerprint density at radius 2 is 2.08 bits per heavy atom. The molecule has 0 saturated heterocycles. The van der Waals surface area contributed by atoms with Gasteiger partial charge in [0, 0.05) is 6.42 Å². The molecule has 0 fully saturated rings. The predicted octanol–water partition coefficient (Wildman–Crippen LogP) is 0.281. The molecule has 70 valence electrons. The van der Waals surface area contributed by atoms with E-state index in [1.807, 2.05) is 0 Å². The van der Waals surface area contributed by atoms with Gasteiger partial charge in [0.2, 0.25) is 0 Å². The van der Waals surface area contributed by atoms with E-state index in [1.54, 1.807) is 6.92 Å². The Morgan fingerprint density at radius 1 is 1.50 bits per heavy atom. The van der Waals surface area contributed by atoms with Gasteiger partial charge in [-0.1, -0.05) is 6.92 Å². The summed E-state index contributed by atoms with van der Waals surface area (Å²) >= 11 is 0. The summed E-state index contributed by atoms with van der Waals surface area (Å²) in [5.41, 5.74) is 5.26. The van der Waals surface area contributed by atoms with Crippen molar-refractivity contribution in [2.45, 2.75) is 13.3 Å². The highest BCUT2D eigenvalue weighted by Crippen LogP contribution is 2.01. The minimum absolute atomic E-state index is 0.0159. The first-order valence-electron chi connectivity index (χ1n) is 3.58. The Hall–Kier alpha value is -1.10. The number of nitrogens with two attached hydrogens (primary N) is 1. The Kier molecular flexibility index (Phi) is 5.03. The fourth-order valence-electron chi connectivity index (χ4n) is 0.544. The van der Waals surface area contributed by atoms with Crippen molar-refractivity contribution in [1.29, 1.82) is 0 Å². The number of esters is 1. The van der Waals surface area contributed by atoms with Gasteiger partial charge in [0.25, 0.3) is 0 Å². The van der Waals surface area contributed by atoms with Gasteiger partial charge in [-0.25, -0.2) is 4.79 Å². The van der Waals surface area contributed by atoms with Crippen molar-refractivity contribution in [3.05, 3.63) is 0 Å². The van der Waals surface area contributed by atoms with Gasteiger partial charge in [-0.3, -0.25) is 4.79 Å². The monoisotopic (exact) mass is 175 g/mol. The van der Waals surface area contributed by atoms with Crippen molar-refractivity contribution in [2.24, 2.45) is 11.7 Å². The van der Waals surface area contributed by atoms with Gasteiger partial charge >= 0.3 is 12.1 Å². The lowest BCUT2D eigenvalue weighted by atomic mass is 10.1. The van der Waals surface area contributed by atoms with Gasteiger partial charge in [-0.15, -0.1) is 0 Å². The molecule has 12 heavy (non-hydrogen) atoms. The topological polar surface area (TPSA) is 78.6 Å². The van der Waals surface area contributed by atoms with Gasteiger partial charge < -0.3 is 15.2 Å². The minimum atomic E-state index is -0.982. The van der Waals surface area contributed by atoms with Crippen molar-refractivity contribution >= 4 is 12.1 Å². The molecule has 0 radical (unpaired) electrons. The number of ether oxygens (including phenoxy) is 2. The molecule has 0 amide bonds. The molecule has 0 aromatic heterocycles. The third kappa shape index (κ3) is 4.68. The zero-order valence-corrected chi connectivity index (χ0v) is 7.20. The van der Waals surface area contributed by atoms with Crippen molar-refractivity contribution < 1.29 is 19.1 Å². The quantitative estimate of drug-likeness (QED) is 0.492. The van der Waals surface area contributed by atoms with Crippen LogP contribution in [-0.2, 0) is 14.3 Å². The molecule has 0 rings (SSSR count). The second-order valence-electron chi connectivity index (χ2n) is 2.47. The SMILES string of the molecule is COC(=O)OC(=O)CC(C)CN. The second-order valence-corrected chi connectivity index (χ2v) is 2.47. The standard InChI is InChI=1S/C7H13NO4/c1-5(4-8)3-6(9)12-7(10)11-2/h5H,3-4,8H2,1-2H3. The van der Waals surface area contributed by atoms with Gasteiger partial charge in [-0.05, 0) is 12.5 Å². The first kappa shape index (κ1) is 10.9. The van der Waals surface area contributed by atoms with Crippen LogP contribution in [0, 0.1) is 5.92 Å². The Labute approximate surface area is 70.8 Å². The molecule has 0 aliphatic carbocycles. The van der Waals surface area contributed by atoms with Gasteiger partial charge in [0.1, 0.15) is 0 Å². The van der Waals surface area contributed by atoms with E-state index in [-0.39, 0.29) is 12.3 Å². The summed E-state index contributed by atoms with van der Waals surface area (Å²) in [4.78, 5) is 21.2. The first-order chi connectivity index (χ1) is 5.60. The van der Waals surface area contributed by atoms with Crippen LogP contribution in [0.3, 0.4) is 0 Å². The predicted molar refractivity (Wildman–Crippen MR) is 41.3 cm³/mol. The molecule has 5 heteroatoms. The molecule has 0 aliphatic heterocycles. The van der Waals surface area contributed by atoms with Crippen LogP contribution in [0.15, 0.2) is 0 Å². The normalized spacial score (nSPS) is 11.9. The van der Waals surface area contributed by atoms with E-state index in [0.29, 0.717) is 6.54 Å². The van der Waals surface area contributed by atoms with Crippen LogP contribution >= 0.6 is 0 Å². The number of methoxy groups -OCH3 is 1. The zero-order chi connectivity index (χ0) is 9.56. The third-order valence-electron chi connectivity index (χ3n) is 1.28. The lowest BCUT2D eigenvalue weighted by Gasteiger charge is -2.05. The van der Waals surface area contributed by atoms with E-state index in [4.69, 9.17) is 5.73 Å². The van der Waals surface area contributed by atoms with Crippen LogP contribution in [-0.4, -0.2) is 25.8 Å². The molecule has 0 saturated carbocycles. The molecule has 5 nitrogen and oxygen atoms in total. The van der Waals surface area contributed by atoms with Crippen LogP contribution in [0.5, 0.6) is 0 Å². The maximum atomic E-state index is 10.8. The molecular formula is C7H13NO4. The summed E-state index contributed by atoms with van der Waals surface area (Å²) in [5.74, 6) is -0.595. The number of rotatable bonds is 3. The molecule has 0 aromatic rings. The number of hydrogen-bond donors (Lipinski definition) is 1. The summed E-state index contributed by atoms with van der Waals surface area (Å²) in [6, 6.07) is 0. The smallest absolute Gasteiger partial charge is 0.437 e. The fourth-order valence-corrected chi connectivity index (χ4v) is 0.544. The molecule has 2 N–H and O–H groups in total. The lowest BCUT2D eigenvalue weighted by molar-refractivity contribution is -0.140. The van der Waals surface area contributed by atoms with E-state index in [0.717, 1.165) is 7.11 Å². The maximum Gasteiger partial charge on any atom is 0.515 e. The Morgan fingerprint density at radius 3 is 2.50 bits per heavy atom. The molecule has 0 heterocycles. The van der Waals surface area contributed by atoms with Crippen LogP contribution in [0.25, 0.3) is 0 Å². The van der Waals surface area contributed by atoms with Crippen molar-refractivity contribution in [1.82, 2.24) is 0 Å². The highest BCUT2D eigenvalue weighted by Gasteiger charge is 2.13. The van der Waals surface area contributed by atoms with Crippen LogP contribution in [0.1, 0.15) is 13.3 Å². The molecule has 1 atom stereocenters.